The summed E-state index contributed by atoms with van der Waals surface area (Å²) >= 11 is 1.73. The van der Waals surface area contributed by atoms with Crippen molar-refractivity contribution in [3.63, 3.8) is 0 Å². The first-order valence-corrected chi connectivity index (χ1v) is 8.48. The second-order valence-corrected chi connectivity index (χ2v) is 6.66. The Labute approximate surface area is 132 Å². The molecule has 6 heteroatoms. The minimum atomic E-state index is 0.0606. The number of thiophene rings is 1. The molecule has 0 amide bonds. The molecule has 1 N–H and O–H groups in total. The van der Waals surface area contributed by atoms with Crippen molar-refractivity contribution in [3.05, 3.63) is 55.8 Å². The van der Waals surface area contributed by atoms with Gasteiger partial charge in [-0.15, -0.1) is 0 Å². The maximum Gasteiger partial charge on any atom is 0.276 e. The van der Waals surface area contributed by atoms with E-state index in [-0.39, 0.29) is 5.56 Å². The average Bonchev–Trinajstić information content (AvgIpc) is 3.07. The number of hydrogen-bond acceptors (Lipinski definition) is 4. The van der Waals surface area contributed by atoms with Gasteiger partial charge >= 0.3 is 0 Å². The average molecular weight is 314 g/mol. The highest BCUT2D eigenvalue weighted by Gasteiger charge is 2.20. The summed E-state index contributed by atoms with van der Waals surface area (Å²) < 4.78 is 1.57. The van der Waals surface area contributed by atoms with Crippen molar-refractivity contribution < 1.29 is 0 Å². The number of nitrogens with zero attached hydrogens (tertiary/aromatic N) is 3. The fraction of sp³-hybridized carbons (Fsp3) is 0.375. The second-order valence-electron chi connectivity index (χ2n) is 5.88. The standard InChI is InChI=1S/C16H18N4OS/c1-11-8-15-17-14-3-6-19(9-12-4-7-22-10-12)5-2-13(14)16(21)20(15)18-11/h4,7-8,10,18H,2-3,5-6,9H2,1H3. The molecule has 1 aliphatic rings. The van der Waals surface area contributed by atoms with Crippen molar-refractivity contribution in [2.24, 2.45) is 0 Å². The number of aryl methyl sites for hydroxylation is 1. The van der Waals surface area contributed by atoms with Crippen LogP contribution >= 0.6 is 11.3 Å². The molecule has 4 heterocycles. The summed E-state index contributed by atoms with van der Waals surface area (Å²) in [5.41, 5.74) is 4.94. The van der Waals surface area contributed by atoms with Gasteiger partial charge in [-0.25, -0.2) is 9.50 Å². The summed E-state index contributed by atoms with van der Waals surface area (Å²) in [5, 5.41) is 7.38. The Morgan fingerprint density at radius 3 is 3.05 bits per heavy atom. The van der Waals surface area contributed by atoms with E-state index in [1.165, 1.54) is 5.56 Å². The molecule has 114 valence electrons. The zero-order valence-corrected chi connectivity index (χ0v) is 13.3. The normalized spacial score (nSPS) is 15.9. The van der Waals surface area contributed by atoms with Gasteiger partial charge < -0.3 is 0 Å². The molecule has 0 saturated carbocycles. The van der Waals surface area contributed by atoms with E-state index < -0.39 is 0 Å². The molecule has 3 aromatic heterocycles. The summed E-state index contributed by atoms with van der Waals surface area (Å²) in [6.45, 7) is 4.76. The first kappa shape index (κ1) is 13.7. The highest BCUT2D eigenvalue weighted by molar-refractivity contribution is 7.07. The fourth-order valence-corrected chi connectivity index (χ4v) is 3.79. The molecule has 0 aliphatic carbocycles. The Hall–Kier alpha value is -1.92. The van der Waals surface area contributed by atoms with Gasteiger partial charge in [0.25, 0.3) is 5.56 Å². The van der Waals surface area contributed by atoms with Crippen molar-refractivity contribution in [2.75, 3.05) is 13.1 Å². The minimum absolute atomic E-state index is 0.0606. The van der Waals surface area contributed by atoms with Crippen LogP contribution in [0.4, 0.5) is 0 Å². The van der Waals surface area contributed by atoms with Crippen molar-refractivity contribution in [2.45, 2.75) is 26.3 Å². The number of aromatic amines is 1. The maximum atomic E-state index is 12.6. The number of H-pyrrole nitrogens is 1. The van der Waals surface area contributed by atoms with Gasteiger partial charge in [0.2, 0.25) is 0 Å². The van der Waals surface area contributed by atoms with Crippen molar-refractivity contribution in [1.29, 1.82) is 0 Å². The van der Waals surface area contributed by atoms with Gasteiger partial charge in [0, 0.05) is 43.4 Å². The molecule has 0 fully saturated rings. The van der Waals surface area contributed by atoms with E-state index in [0.717, 1.165) is 55.1 Å². The van der Waals surface area contributed by atoms with E-state index in [0.29, 0.717) is 0 Å². The van der Waals surface area contributed by atoms with E-state index in [4.69, 9.17) is 4.98 Å². The van der Waals surface area contributed by atoms with E-state index in [1.54, 1.807) is 15.9 Å². The molecule has 0 spiro atoms. The van der Waals surface area contributed by atoms with Gasteiger partial charge in [0.05, 0.1) is 5.69 Å². The third kappa shape index (κ3) is 2.38. The van der Waals surface area contributed by atoms with Gasteiger partial charge in [0.1, 0.15) is 0 Å². The summed E-state index contributed by atoms with van der Waals surface area (Å²) in [5.74, 6) is 0. The lowest BCUT2D eigenvalue weighted by Crippen LogP contribution is -2.26. The van der Waals surface area contributed by atoms with Crippen LogP contribution in [0, 0.1) is 6.92 Å². The lowest BCUT2D eigenvalue weighted by molar-refractivity contribution is 0.279. The van der Waals surface area contributed by atoms with Gasteiger partial charge in [-0.2, -0.15) is 11.3 Å². The number of hydrogen-bond donors (Lipinski definition) is 1. The van der Waals surface area contributed by atoms with Gasteiger partial charge in [-0.3, -0.25) is 14.8 Å². The van der Waals surface area contributed by atoms with Crippen LogP contribution in [-0.2, 0) is 19.4 Å². The van der Waals surface area contributed by atoms with Crippen molar-refractivity contribution in [3.8, 4) is 0 Å². The monoisotopic (exact) mass is 314 g/mol. The quantitative estimate of drug-likeness (QED) is 0.787. The number of rotatable bonds is 2. The van der Waals surface area contributed by atoms with Crippen LogP contribution < -0.4 is 5.56 Å². The topological polar surface area (TPSA) is 53.4 Å². The smallest absolute Gasteiger partial charge is 0.276 e. The third-order valence-corrected chi connectivity index (χ3v) is 4.98. The van der Waals surface area contributed by atoms with Crippen LogP contribution in [0.5, 0.6) is 0 Å². The minimum Gasteiger partial charge on any atom is -0.298 e. The molecule has 0 unspecified atom stereocenters. The zero-order valence-electron chi connectivity index (χ0n) is 12.5. The second kappa shape index (κ2) is 5.37. The predicted molar refractivity (Wildman–Crippen MR) is 87.6 cm³/mol. The Bertz CT molecular complexity index is 862. The van der Waals surface area contributed by atoms with E-state index in [2.05, 4.69) is 26.8 Å². The Balaban J connectivity index is 1.64. The molecule has 0 bridgehead atoms. The highest BCUT2D eigenvalue weighted by Crippen LogP contribution is 2.16. The zero-order chi connectivity index (χ0) is 15.1. The van der Waals surface area contributed by atoms with Gasteiger partial charge in [0.15, 0.2) is 5.65 Å². The van der Waals surface area contributed by atoms with Gasteiger partial charge in [-0.1, -0.05) is 0 Å². The van der Waals surface area contributed by atoms with Crippen LogP contribution in [0.15, 0.2) is 27.7 Å². The molecule has 1 aliphatic heterocycles. The molecule has 3 aromatic rings. The number of fused-ring (bicyclic) bond motifs is 2. The first-order chi connectivity index (χ1) is 10.7. The predicted octanol–water partition coefficient (Wildman–Crippen LogP) is 1.99. The summed E-state index contributed by atoms with van der Waals surface area (Å²) in [7, 11) is 0. The van der Waals surface area contributed by atoms with E-state index in [9.17, 15) is 4.79 Å². The van der Waals surface area contributed by atoms with Gasteiger partial charge in [-0.05, 0) is 35.7 Å². The van der Waals surface area contributed by atoms with Crippen LogP contribution in [-0.4, -0.2) is 32.6 Å². The number of nitrogens with one attached hydrogen (secondary N) is 1. The summed E-state index contributed by atoms with van der Waals surface area (Å²) in [6.07, 6.45) is 1.61. The summed E-state index contributed by atoms with van der Waals surface area (Å²) in [6, 6.07) is 4.09. The third-order valence-electron chi connectivity index (χ3n) is 4.25. The Morgan fingerprint density at radius 2 is 2.23 bits per heavy atom. The Kier molecular flexibility index (Phi) is 3.35. The maximum absolute atomic E-state index is 12.6. The molecule has 5 nitrogen and oxygen atoms in total. The molecule has 0 aromatic carbocycles. The molecular weight excluding hydrogens is 296 g/mol. The SMILES string of the molecule is Cc1cc2nc3c(c(=O)n2[nH]1)CCN(Cc1ccsc1)CC3. The highest BCUT2D eigenvalue weighted by atomic mass is 32.1. The molecule has 0 atom stereocenters. The summed E-state index contributed by atoms with van der Waals surface area (Å²) in [4.78, 5) is 19.7. The molecular formula is C16H18N4OS. The van der Waals surface area contributed by atoms with E-state index >= 15 is 0 Å². The van der Waals surface area contributed by atoms with Crippen LogP contribution in [0.3, 0.4) is 0 Å². The Morgan fingerprint density at radius 1 is 1.36 bits per heavy atom. The molecule has 4 rings (SSSR count). The van der Waals surface area contributed by atoms with Crippen molar-refractivity contribution in [1.82, 2.24) is 19.5 Å². The molecule has 22 heavy (non-hydrogen) atoms. The lowest BCUT2D eigenvalue weighted by atomic mass is 10.1. The molecule has 0 saturated heterocycles. The molecule has 0 radical (unpaired) electrons. The van der Waals surface area contributed by atoms with E-state index in [1.807, 2.05) is 13.0 Å². The fourth-order valence-electron chi connectivity index (χ4n) is 3.13. The van der Waals surface area contributed by atoms with Crippen molar-refractivity contribution >= 4 is 17.0 Å². The lowest BCUT2D eigenvalue weighted by Gasteiger charge is -2.18. The van der Waals surface area contributed by atoms with Crippen LogP contribution in [0.25, 0.3) is 5.65 Å². The van der Waals surface area contributed by atoms with Crippen LogP contribution in [0.2, 0.25) is 0 Å². The largest absolute Gasteiger partial charge is 0.298 e. The van der Waals surface area contributed by atoms with Crippen LogP contribution in [0.1, 0.15) is 22.5 Å². The first-order valence-electron chi connectivity index (χ1n) is 7.54. The number of aromatic nitrogens is 3.